The Hall–Kier alpha value is -1.29. The second-order valence-electron chi connectivity index (χ2n) is 8.03. The monoisotopic (exact) mass is 301 g/mol. The average Bonchev–Trinajstić information content (AvgIpc) is 2.66. The normalized spacial score (nSPS) is 20.0. The van der Waals surface area contributed by atoms with Gasteiger partial charge in [-0.15, -0.1) is 0 Å². The highest BCUT2D eigenvalue weighted by molar-refractivity contribution is 6.68. The third-order valence-electron chi connectivity index (χ3n) is 5.54. The number of nitrogens with one attached hydrogen (secondary N) is 1. The summed E-state index contributed by atoms with van der Waals surface area (Å²) < 4.78 is 6.30. The van der Waals surface area contributed by atoms with E-state index in [1.54, 1.807) is 7.05 Å². The summed E-state index contributed by atoms with van der Waals surface area (Å²) in [7, 11) is 1.68. The number of likely N-dealkylation sites (N-methyl/N-ethyl adjacent to an activating group) is 1. The number of hydrogen-bond acceptors (Lipinski definition) is 2. The van der Waals surface area contributed by atoms with Crippen molar-refractivity contribution in [3.05, 3.63) is 29.8 Å². The first-order valence-electron chi connectivity index (χ1n) is 8.02. The molecule has 1 heterocycles. The third kappa shape index (κ3) is 2.81. The predicted octanol–water partition coefficient (Wildman–Crippen LogP) is 2.74. The molecule has 0 bridgehead atoms. The van der Waals surface area contributed by atoms with Gasteiger partial charge in [-0.3, -0.25) is 4.79 Å². The van der Waals surface area contributed by atoms with E-state index in [-0.39, 0.29) is 23.8 Å². The standard InChI is InChI=1S/C18H28BNO2/c1-16(2)12-19(22-18(16,5)6)14-10-8-9-13(11-14)17(3,4)15(21)20-7/h8-11H,12H2,1-7H3,(H,20,21). The number of hydrogen-bond donors (Lipinski definition) is 1. The Balaban J connectivity index is 2.33. The van der Waals surface area contributed by atoms with Crippen LogP contribution in [0.5, 0.6) is 0 Å². The molecule has 1 aromatic carbocycles. The van der Waals surface area contributed by atoms with Crippen molar-refractivity contribution >= 4 is 18.3 Å². The van der Waals surface area contributed by atoms with Crippen molar-refractivity contribution in [2.24, 2.45) is 5.41 Å². The summed E-state index contributed by atoms with van der Waals surface area (Å²) in [6.07, 6.45) is 0.990. The molecular formula is C18H28BNO2. The first kappa shape index (κ1) is 17.1. The van der Waals surface area contributed by atoms with E-state index in [1.165, 1.54) is 0 Å². The molecule has 0 atom stereocenters. The second kappa shape index (κ2) is 5.41. The van der Waals surface area contributed by atoms with Crippen LogP contribution in [0.1, 0.15) is 47.1 Å². The SMILES string of the molecule is CNC(=O)C(C)(C)c1cccc(B2CC(C)(C)C(C)(C)O2)c1. The number of rotatable bonds is 3. The van der Waals surface area contributed by atoms with Crippen molar-refractivity contribution in [3.8, 4) is 0 Å². The Morgan fingerprint density at radius 1 is 1.27 bits per heavy atom. The summed E-state index contributed by atoms with van der Waals surface area (Å²) in [5.74, 6) is 0.0256. The summed E-state index contributed by atoms with van der Waals surface area (Å²) in [5.41, 5.74) is 1.62. The van der Waals surface area contributed by atoms with Crippen molar-refractivity contribution in [2.45, 2.75) is 58.9 Å². The van der Waals surface area contributed by atoms with E-state index in [1.807, 2.05) is 26.0 Å². The lowest BCUT2D eigenvalue weighted by molar-refractivity contribution is -0.125. The third-order valence-corrected chi connectivity index (χ3v) is 5.54. The molecule has 1 aromatic rings. The summed E-state index contributed by atoms with van der Waals surface area (Å²) in [4.78, 5) is 12.1. The van der Waals surface area contributed by atoms with Crippen LogP contribution in [0.15, 0.2) is 24.3 Å². The van der Waals surface area contributed by atoms with E-state index < -0.39 is 5.41 Å². The molecule has 1 N–H and O–H groups in total. The fourth-order valence-corrected chi connectivity index (χ4v) is 3.02. The van der Waals surface area contributed by atoms with Crippen molar-refractivity contribution in [1.82, 2.24) is 5.32 Å². The van der Waals surface area contributed by atoms with Gasteiger partial charge in [0, 0.05) is 7.05 Å². The van der Waals surface area contributed by atoms with Crippen LogP contribution in [0, 0.1) is 5.41 Å². The first-order valence-corrected chi connectivity index (χ1v) is 8.02. The van der Waals surface area contributed by atoms with E-state index in [0.717, 1.165) is 17.3 Å². The molecule has 0 spiro atoms. The number of benzene rings is 1. The van der Waals surface area contributed by atoms with Crippen LogP contribution in [-0.4, -0.2) is 25.5 Å². The molecule has 0 saturated carbocycles. The quantitative estimate of drug-likeness (QED) is 0.872. The summed E-state index contributed by atoms with van der Waals surface area (Å²) in [6, 6.07) is 8.27. The molecule has 0 radical (unpaired) electrons. The lowest BCUT2D eigenvalue weighted by Gasteiger charge is -2.34. The van der Waals surface area contributed by atoms with Gasteiger partial charge in [0.1, 0.15) is 0 Å². The Bertz CT molecular complexity index is 562. The molecule has 120 valence electrons. The zero-order chi connectivity index (χ0) is 16.8. The molecular weight excluding hydrogens is 273 g/mol. The van der Waals surface area contributed by atoms with Gasteiger partial charge >= 0.3 is 6.92 Å². The minimum atomic E-state index is -0.547. The highest BCUT2D eigenvalue weighted by Crippen LogP contribution is 2.45. The van der Waals surface area contributed by atoms with Gasteiger partial charge in [0.2, 0.25) is 5.91 Å². The van der Waals surface area contributed by atoms with Crippen molar-refractivity contribution in [1.29, 1.82) is 0 Å². The predicted molar refractivity (Wildman–Crippen MR) is 92.7 cm³/mol. The first-order chi connectivity index (χ1) is 10.0. The lowest BCUT2D eigenvalue weighted by Crippen LogP contribution is -2.40. The Morgan fingerprint density at radius 3 is 2.41 bits per heavy atom. The van der Waals surface area contributed by atoms with Gasteiger partial charge in [-0.05, 0) is 50.5 Å². The van der Waals surface area contributed by atoms with Crippen molar-refractivity contribution < 1.29 is 9.45 Å². The number of carbonyl (C=O) groups excluding carboxylic acids is 1. The van der Waals surface area contributed by atoms with E-state index in [0.29, 0.717) is 0 Å². The van der Waals surface area contributed by atoms with Gasteiger partial charge in [0.05, 0.1) is 11.0 Å². The maximum atomic E-state index is 12.1. The lowest BCUT2D eigenvalue weighted by atomic mass is 9.54. The minimum absolute atomic E-state index is 0.0256. The van der Waals surface area contributed by atoms with Crippen molar-refractivity contribution in [2.75, 3.05) is 7.05 Å². The summed E-state index contributed by atoms with van der Waals surface area (Å²) in [6.45, 7) is 12.8. The molecule has 0 aromatic heterocycles. The average molecular weight is 301 g/mol. The van der Waals surface area contributed by atoms with Crippen molar-refractivity contribution in [3.63, 3.8) is 0 Å². The van der Waals surface area contributed by atoms with E-state index in [9.17, 15) is 4.79 Å². The van der Waals surface area contributed by atoms with Gasteiger partial charge in [-0.25, -0.2) is 0 Å². The minimum Gasteiger partial charge on any atom is -0.426 e. The van der Waals surface area contributed by atoms with E-state index in [2.05, 4.69) is 45.1 Å². The second-order valence-corrected chi connectivity index (χ2v) is 8.03. The van der Waals surface area contributed by atoms with Crippen LogP contribution >= 0.6 is 0 Å². The van der Waals surface area contributed by atoms with Crippen LogP contribution in [0.2, 0.25) is 6.32 Å². The van der Waals surface area contributed by atoms with Crippen LogP contribution in [0.25, 0.3) is 0 Å². The van der Waals surface area contributed by atoms with Gasteiger partial charge in [-0.2, -0.15) is 0 Å². The Labute approximate surface area is 134 Å². The molecule has 22 heavy (non-hydrogen) atoms. The van der Waals surface area contributed by atoms with Crippen LogP contribution in [0.4, 0.5) is 0 Å². The molecule has 1 fully saturated rings. The Morgan fingerprint density at radius 2 is 1.91 bits per heavy atom. The highest BCUT2D eigenvalue weighted by Gasteiger charge is 2.49. The number of carbonyl (C=O) groups is 1. The molecule has 4 heteroatoms. The van der Waals surface area contributed by atoms with Crippen LogP contribution in [-0.2, 0) is 14.9 Å². The fraction of sp³-hybridized carbons (Fsp3) is 0.611. The van der Waals surface area contributed by atoms with E-state index in [4.69, 9.17) is 4.65 Å². The zero-order valence-corrected chi connectivity index (χ0v) is 14.9. The summed E-state index contributed by atoms with van der Waals surface area (Å²) >= 11 is 0. The zero-order valence-electron chi connectivity index (χ0n) is 14.9. The molecule has 0 aliphatic carbocycles. The smallest absolute Gasteiger partial charge is 0.327 e. The largest absolute Gasteiger partial charge is 0.426 e. The molecule has 3 nitrogen and oxygen atoms in total. The van der Waals surface area contributed by atoms with Gasteiger partial charge in [0.15, 0.2) is 0 Å². The van der Waals surface area contributed by atoms with Crippen LogP contribution in [0.3, 0.4) is 0 Å². The van der Waals surface area contributed by atoms with Gasteiger partial charge in [-0.1, -0.05) is 38.1 Å². The van der Waals surface area contributed by atoms with Gasteiger partial charge in [0.25, 0.3) is 0 Å². The maximum Gasteiger partial charge on any atom is 0.327 e. The molecule has 0 unspecified atom stereocenters. The van der Waals surface area contributed by atoms with Crippen LogP contribution < -0.4 is 10.8 Å². The number of amides is 1. The molecule has 1 saturated heterocycles. The van der Waals surface area contributed by atoms with Gasteiger partial charge < -0.3 is 9.97 Å². The molecule has 1 aliphatic heterocycles. The highest BCUT2D eigenvalue weighted by atomic mass is 16.5. The summed E-state index contributed by atoms with van der Waals surface area (Å²) in [5, 5.41) is 2.75. The van der Waals surface area contributed by atoms with E-state index >= 15 is 0 Å². The maximum absolute atomic E-state index is 12.1. The topological polar surface area (TPSA) is 38.3 Å². The fourth-order valence-electron chi connectivity index (χ4n) is 3.02. The molecule has 1 amide bonds. The Kier molecular flexibility index (Phi) is 4.20. The molecule has 2 rings (SSSR count). The molecule has 1 aliphatic rings.